The second-order valence-corrected chi connectivity index (χ2v) is 7.07. The second kappa shape index (κ2) is 5.85. The van der Waals surface area contributed by atoms with Gasteiger partial charge in [0.2, 0.25) is 0 Å². The van der Waals surface area contributed by atoms with E-state index in [9.17, 15) is 8.42 Å². The van der Waals surface area contributed by atoms with Gasteiger partial charge >= 0.3 is 0 Å². The number of hydrogen-bond acceptors (Lipinski definition) is 4. The van der Waals surface area contributed by atoms with E-state index in [2.05, 4.69) is 4.72 Å². The summed E-state index contributed by atoms with van der Waals surface area (Å²) < 4.78 is 39.8. The summed E-state index contributed by atoms with van der Waals surface area (Å²) >= 11 is 0. The van der Waals surface area contributed by atoms with Crippen LogP contribution in [0.15, 0.2) is 16.5 Å². The van der Waals surface area contributed by atoms with Crippen molar-refractivity contribution in [3.05, 3.63) is 23.7 Å². The Morgan fingerprint density at radius 3 is 2.40 bits per heavy atom. The lowest BCUT2D eigenvalue weighted by molar-refractivity contribution is -0.0444. The SMILES string of the molecule is Cc1ccc([C@@H](C)NS(=O)(=O)N2C[C@@H](C)O[C@@H](C)C2)o1. The third kappa shape index (κ3) is 3.60. The molecular formula is C13H22N2O4S. The lowest BCUT2D eigenvalue weighted by Gasteiger charge is -2.34. The van der Waals surface area contributed by atoms with Crippen LogP contribution in [0.1, 0.15) is 38.3 Å². The highest BCUT2D eigenvalue weighted by atomic mass is 32.2. The molecule has 1 aliphatic heterocycles. The topological polar surface area (TPSA) is 71.8 Å². The van der Waals surface area contributed by atoms with Crippen LogP contribution < -0.4 is 4.72 Å². The molecule has 0 radical (unpaired) electrons. The molecule has 0 saturated carbocycles. The number of hydrogen-bond donors (Lipinski definition) is 1. The molecule has 20 heavy (non-hydrogen) atoms. The molecule has 1 saturated heterocycles. The molecule has 1 fully saturated rings. The molecule has 114 valence electrons. The van der Waals surface area contributed by atoms with Crippen LogP contribution in [0.2, 0.25) is 0 Å². The minimum atomic E-state index is -3.54. The maximum Gasteiger partial charge on any atom is 0.280 e. The average molecular weight is 302 g/mol. The smallest absolute Gasteiger partial charge is 0.280 e. The molecule has 0 amide bonds. The van der Waals surface area contributed by atoms with Gasteiger partial charge < -0.3 is 9.15 Å². The van der Waals surface area contributed by atoms with Crippen molar-refractivity contribution in [2.24, 2.45) is 0 Å². The van der Waals surface area contributed by atoms with Crippen molar-refractivity contribution in [3.8, 4) is 0 Å². The van der Waals surface area contributed by atoms with Gasteiger partial charge in [0.15, 0.2) is 0 Å². The zero-order valence-corrected chi connectivity index (χ0v) is 13.1. The van der Waals surface area contributed by atoms with Crippen LogP contribution >= 0.6 is 0 Å². The molecule has 0 aliphatic carbocycles. The third-order valence-corrected chi connectivity index (χ3v) is 4.87. The van der Waals surface area contributed by atoms with Gasteiger partial charge in [-0.15, -0.1) is 0 Å². The Labute approximate surface area is 120 Å². The van der Waals surface area contributed by atoms with E-state index in [0.717, 1.165) is 5.76 Å². The summed E-state index contributed by atoms with van der Waals surface area (Å²) in [5.41, 5.74) is 0. The number of nitrogens with one attached hydrogen (secondary N) is 1. The van der Waals surface area contributed by atoms with Crippen LogP contribution in [-0.4, -0.2) is 38.0 Å². The monoisotopic (exact) mass is 302 g/mol. The van der Waals surface area contributed by atoms with Crippen LogP contribution in [0, 0.1) is 6.92 Å². The molecular weight excluding hydrogens is 280 g/mol. The normalized spacial score (nSPS) is 26.6. The fraction of sp³-hybridized carbons (Fsp3) is 0.692. The Bertz CT molecular complexity index is 544. The first-order valence-electron chi connectivity index (χ1n) is 6.77. The number of nitrogens with zero attached hydrogens (tertiary/aromatic N) is 1. The molecule has 1 aromatic rings. The molecule has 0 bridgehead atoms. The predicted molar refractivity (Wildman–Crippen MR) is 75.5 cm³/mol. The highest BCUT2D eigenvalue weighted by Crippen LogP contribution is 2.19. The quantitative estimate of drug-likeness (QED) is 0.917. The van der Waals surface area contributed by atoms with E-state index in [1.54, 1.807) is 13.0 Å². The van der Waals surface area contributed by atoms with Gasteiger partial charge in [0.25, 0.3) is 10.2 Å². The van der Waals surface area contributed by atoms with Crippen molar-refractivity contribution in [3.63, 3.8) is 0 Å². The van der Waals surface area contributed by atoms with Crippen molar-refractivity contribution >= 4 is 10.2 Å². The van der Waals surface area contributed by atoms with E-state index >= 15 is 0 Å². The summed E-state index contributed by atoms with van der Waals surface area (Å²) in [6.45, 7) is 8.07. The van der Waals surface area contributed by atoms with Crippen LogP contribution in [0.25, 0.3) is 0 Å². The minimum Gasteiger partial charge on any atom is -0.465 e. The maximum absolute atomic E-state index is 12.4. The van der Waals surface area contributed by atoms with Gasteiger partial charge in [0.05, 0.1) is 18.2 Å². The van der Waals surface area contributed by atoms with Gasteiger partial charge in [-0.3, -0.25) is 0 Å². The zero-order valence-electron chi connectivity index (χ0n) is 12.3. The molecule has 0 unspecified atom stereocenters. The highest BCUT2D eigenvalue weighted by molar-refractivity contribution is 7.87. The molecule has 1 N–H and O–H groups in total. The molecule has 2 heterocycles. The summed E-state index contributed by atoms with van der Waals surface area (Å²) in [4.78, 5) is 0. The average Bonchev–Trinajstić information content (AvgIpc) is 2.74. The Balaban J connectivity index is 2.07. The van der Waals surface area contributed by atoms with Crippen molar-refractivity contribution in [1.29, 1.82) is 0 Å². The molecule has 0 spiro atoms. The van der Waals surface area contributed by atoms with Crippen molar-refractivity contribution in [2.45, 2.75) is 45.9 Å². The summed E-state index contributed by atoms with van der Waals surface area (Å²) in [7, 11) is -3.54. The molecule has 1 aromatic heterocycles. The Hall–Kier alpha value is -0.890. The number of rotatable bonds is 4. The van der Waals surface area contributed by atoms with Gasteiger partial charge in [0, 0.05) is 13.1 Å². The Kier molecular flexibility index (Phi) is 4.53. The first-order valence-corrected chi connectivity index (χ1v) is 8.21. The number of furan rings is 1. The van der Waals surface area contributed by atoms with E-state index in [0.29, 0.717) is 18.8 Å². The van der Waals surface area contributed by atoms with Gasteiger partial charge in [-0.1, -0.05) is 0 Å². The largest absolute Gasteiger partial charge is 0.465 e. The van der Waals surface area contributed by atoms with Gasteiger partial charge in [0.1, 0.15) is 11.5 Å². The minimum absolute atomic E-state index is 0.100. The van der Waals surface area contributed by atoms with E-state index in [1.807, 2.05) is 26.8 Å². The molecule has 6 nitrogen and oxygen atoms in total. The van der Waals surface area contributed by atoms with E-state index in [1.165, 1.54) is 4.31 Å². The van der Waals surface area contributed by atoms with Crippen LogP contribution in [0.4, 0.5) is 0 Å². The highest BCUT2D eigenvalue weighted by Gasteiger charge is 2.32. The first kappa shape index (κ1) is 15.5. The van der Waals surface area contributed by atoms with Crippen LogP contribution in [0.3, 0.4) is 0 Å². The summed E-state index contributed by atoms with van der Waals surface area (Å²) in [5.74, 6) is 1.38. The number of morpholine rings is 1. The molecule has 7 heteroatoms. The number of aryl methyl sites for hydroxylation is 1. The zero-order chi connectivity index (χ0) is 14.9. The standard InChI is InChI=1S/C13H22N2O4S/c1-9-5-6-13(19-9)12(4)14-20(16,17)15-7-10(2)18-11(3)8-15/h5-6,10-12,14H,7-8H2,1-4H3/t10-,11+,12-/m1/s1. The molecule has 2 rings (SSSR count). The first-order chi connectivity index (χ1) is 9.28. The number of ether oxygens (including phenoxy) is 1. The van der Waals surface area contributed by atoms with Crippen LogP contribution in [-0.2, 0) is 14.9 Å². The van der Waals surface area contributed by atoms with E-state index in [4.69, 9.17) is 9.15 Å². The predicted octanol–water partition coefficient (Wildman–Crippen LogP) is 1.59. The Morgan fingerprint density at radius 2 is 1.90 bits per heavy atom. The molecule has 0 aromatic carbocycles. The van der Waals surface area contributed by atoms with Gasteiger partial charge in [-0.2, -0.15) is 17.4 Å². The summed E-state index contributed by atoms with van der Waals surface area (Å²) in [5, 5.41) is 0. The molecule has 3 atom stereocenters. The third-order valence-electron chi connectivity index (χ3n) is 3.24. The fourth-order valence-corrected chi connectivity index (χ4v) is 3.89. The van der Waals surface area contributed by atoms with Gasteiger partial charge in [-0.05, 0) is 39.8 Å². The van der Waals surface area contributed by atoms with Crippen molar-refractivity contribution < 1.29 is 17.6 Å². The molecule has 1 aliphatic rings. The fourth-order valence-electron chi connectivity index (χ4n) is 2.37. The van der Waals surface area contributed by atoms with Crippen LogP contribution in [0.5, 0.6) is 0 Å². The summed E-state index contributed by atoms with van der Waals surface area (Å²) in [6.07, 6.45) is -0.201. The van der Waals surface area contributed by atoms with Gasteiger partial charge in [-0.25, -0.2) is 0 Å². The lowest BCUT2D eigenvalue weighted by atomic mass is 10.3. The summed E-state index contributed by atoms with van der Waals surface area (Å²) in [6, 6.07) is 3.20. The maximum atomic E-state index is 12.4. The van der Waals surface area contributed by atoms with Crippen molar-refractivity contribution in [1.82, 2.24) is 9.03 Å². The Morgan fingerprint density at radius 1 is 1.30 bits per heavy atom. The second-order valence-electron chi connectivity index (χ2n) is 5.37. The van der Waals surface area contributed by atoms with Crippen molar-refractivity contribution in [2.75, 3.05) is 13.1 Å². The van der Waals surface area contributed by atoms with E-state index < -0.39 is 16.3 Å². The lowest BCUT2D eigenvalue weighted by Crippen LogP contribution is -2.52. The van der Waals surface area contributed by atoms with E-state index in [-0.39, 0.29) is 12.2 Å².